The van der Waals surface area contributed by atoms with Crippen LogP contribution in [0, 0.1) is 5.82 Å². The van der Waals surface area contributed by atoms with Gasteiger partial charge in [-0.2, -0.15) is 0 Å². The Morgan fingerprint density at radius 3 is 2.78 bits per heavy atom. The number of aromatic nitrogens is 2. The highest BCUT2D eigenvalue weighted by molar-refractivity contribution is 7.17. The van der Waals surface area contributed by atoms with E-state index in [9.17, 15) is 9.18 Å². The molecular weight excluding hydrogens is 317 g/mol. The molecule has 2 heterocycles. The van der Waals surface area contributed by atoms with Crippen molar-refractivity contribution in [1.29, 1.82) is 0 Å². The second-order valence-electron chi connectivity index (χ2n) is 4.98. The maximum atomic E-state index is 13.1. The number of hydrogen-bond acceptors (Lipinski definition) is 5. The number of hydrogen-bond donors (Lipinski definition) is 2. The van der Waals surface area contributed by atoms with Crippen LogP contribution >= 0.6 is 11.3 Å². The molecule has 0 bridgehead atoms. The molecule has 1 aromatic carbocycles. The minimum Gasteiger partial charge on any atom is -0.481 e. The van der Waals surface area contributed by atoms with Crippen molar-refractivity contribution in [2.45, 2.75) is 12.8 Å². The molecular formula is C16H14FN3O2S. The molecule has 2 aromatic heterocycles. The van der Waals surface area contributed by atoms with E-state index in [1.165, 1.54) is 29.8 Å². The highest BCUT2D eigenvalue weighted by atomic mass is 32.1. The molecule has 0 aliphatic heterocycles. The number of benzene rings is 1. The summed E-state index contributed by atoms with van der Waals surface area (Å²) in [6.07, 6.45) is 2.10. The van der Waals surface area contributed by atoms with Crippen LogP contribution in [0.15, 0.2) is 36.0 Å². The summed E-state index contributed by atoms with van der Waals surface area (Å²) in [5.41, 5.74) is 1.83. The third kappa shape index (κ3) is 3.45. The second kappa shape index (κ2) is 6.70. The fraction of sp³-hybridized carbons (Fsp3) is 0.188. The Bertz CT molecular complexity index is 833. The monoisotopic (exact) mass is 331 g/mol. The number of carboxylic acids is 1. The van der Waals surface area contributed by atoms with Crippen molar-refractivity contribution >= 4 is 33.3 Å². The van der Waals surface area contributed by atoms with Crippen LogP contribution in [-0.4, -0.2) is 27.6 Å². The molecule has 0 radical (unpaired) electrons. The summed E-state index contributed by atoms with van der Waals surface area (Å²) >= 11 is 1.49. The van der Waals surface area contributed by atoms with Crippen molar-refractivity contribution in [2.24, 2.45) is 0 Å². The molecule has 23 heavy (non-hydrogen) atoms. The molecule has 118 valence electrons. The molecule has 0 unspecified atom stereocenters. The number of thiophene rings is 1. The van der Waals surface area contributed by atoms with Crippen molar-refractivity contribution in [1.82, 2.24) is 9.97 Å². The summed E-state index contributed by atoms with van der Waals surface area (Å²) in [6.45, 7) is 0.511. The summed E-state index contributed by atoms with van der Waals surface area (Å²) in [6, 6.07) is 6.28. The summed E-state index contributed by atoms with van der Waals surface area (Å²) in [4.78, 5) is 19.9. The van der Waals surface area contributed by atoms with Gasteiger partial charge < -0.3 is 10.4 Å². The molecule has 5 nitrogen and oxygen atoms in total. The largest absolute Gasteiger partial charge is 0.481 e. The molecule has 2 N–H and O–H groups in total. The maximum absolute atomic E-state index is 13.1. The molecule has 0 aliphatic rings. The normalized spacial score (nSPS) is 10.8. The molecule has 0 saturated heterocycles. The Balaban J connectivity index is 1.91. The fourth-order valence-electron chi connectivity index (χ4n) is 2.30. The van der Waals surface area contributed by atoms with Gasteiger partial charge in [0.25, 0.3) is 0 Å². The lowest BCUT2D eigenvalue weighted by atomic mass is 10.1. The van der Waals surface area contributed by atoms with Gasteiger partial charge in [-0.15, -0.1) is 11.3 Å². The summed E-state index contributed by atoms with van der Waals surface area (Å²) in [5.74, 6) is -0.431. The number of nitrogens with zero attached hydrogens (tertiary/aromatic N) is 2. The molecule has 7 heteroatoms. The Morgan fingerprint density at radius 1 is 1.26 bits per heavy atom. The van der Waals surface area contributed by atoms with Crippen LogP contribution in [0.25, 0.3) is 21.3 Å². The first-order valence-corrected chi connectivity index (χ1v) is 7.97. The zero-order chi connectivity index (χ0) is 16.2. The van der Waals surface area contributed by atoms with Crippen LogP contribution < -0.4 is 5.32 Å². The number of aliphatic carboxylic acids is 1. The average Bonchev–Trinajstić information content (AvgIpc) is 2.97. The van der Waals surface area contributed by atoms with Crippen LogP contribution in [0.1, 0.15) is 12.8 Å². The third-order valence-corrected chi connectivity index (χ3v) is 4.27. The summed E-state index contributed by atoms with van der Waals surface area (Å²) in [5, 5.41) is 14.7. The number of nitrogens with one attached hydrogen (secondary N) is 1. The maximum Gasteiger partial charge on any atom is 0.303 e. The van der Waals surface area contributed by atoms with Gasteiger partial charge in [-0.05, 0) is 24.1 Å². The van der Waals surface area contributed by atoms with Crippen LogP contribution in [0.2, 0.25) is 0 Å². The second-order valence-corrected chi connectivity index (χ2v) is 5.84. The van der Waals surface area contributed by atoms with Crippen molar-refractivity contribution in [3.05, 3.63) is 41.8 Å². The topological polar surface area (TPSA) is 75.1 Å². The SMILES string of the molecule is O=C(O)CCCNc1ncnc2scc(-c3ccc(F)cc3)c12. The molecule has 3 aromatic rings. The first-order chi connectivity index (χ1) is 11.1. The van der Waals surface area contributed by atoms with E-state index in [2.05, 4.69) is 15.3 Å². The highest BCUT2D eigenvalue weighted by Gasteiger charge is 2.13. The van der Waals surface area contributed by atoms with Crippen molar-refractivity contribution in [2.75, 3.05) is 11.9 Å². The first-order valence-electron chi connectivity index (χ1n) is 7.09. The van der Waals surface area contributed by atoms with E-state index < -0.39 is 5.97 Å². The molecule has 0 amide bonds. The molecule has 0 saturated carbocycles. The molecule has 3 rings (SSSR count). The summed E-state index contributed by atoms with van der Waals surface area (Å²) < 4.78 is 13.1. The Labute approximate surface area is 135 Å². The van der Waals surface area contributed by atoms with Gasteiger partial charge in [0.1, 0.15) is 22.8 Å². The van der Waals surface area contributed by atoms with E-state index in [1.54, 1.807) is 12.1 Å². The average molecular weight is 331 g/mol. The minimum absolute atomic E-state index is 0.107. The number of carbonyl (C=O) groups is 1. The van der Waals surface area contributed by atoms with Crippen LogP contribution in [0.3, 0.4) is 0 Å². The first kappa shape index (κ1) is 15.4. The lowest BCUT2D eigenvalue weighted by Gasteiger charge is -2.07. The van der Waals surface area contributed by atoms with E-state index in [-0.39, 0.29) is 12.2 Å². The Morgan fingerprint density at radius 2 is 2.04 bits per heavy atom. The van der Waals surface area contributed by atoms with Gasteiger partial charge in [-0.25, -0.2) is 14.4 Å². The Hall–Kier alpha value is -2.54. The van der Waals surface area contributed by atoms with Gasteiger partial charge >= 0.3 is 5.97 Å². The van der Waals surface area contributed by atoms with Gasteiger partial charge in [0.15, 0.2) is 0 Å². The molecule has 0 atom stereocenters. The molecule has 0 spiro atoms. The fourth-order valence-corrected chi connectivity index (χ4v) is 3.21. The van der Waals surface area contributed by atoms with Crippen LogP contribution in [0.4, 0.5) is 10.2 Å². The zero-order valence-electron chi connectivity index (χ0n) is 12.1. The van der Waals surface area contributed by atoms with E-state index >= 15 is 0 Å². The van der Waals surface area contributed by atoms with E-state index in [1.807, 2.05) is 5.38 Å². The van der Waals surface area contributed by atoms with Gasteiger partial charge in [0.05, 0.1) is 5.39 Å². The predicted octanol–water partition coefficient (Wildman–Crippen LogP) is 3.77. The quantitative estimate of drug-likeness (QED) is 0.673. The predicted molar refractivity (Wildman–Crippen MR) is 88.2 cm³/mol. The Kier molecular flexibility index (Phi) is 4.47. The van der Waals surface area contributed by atoms with Gasteiger partial charge in [0, 0.05) is 23.9 Å². The minimum atomic E-state index is -0.817. The number of fused-ring (bicyclic) bond motifs is 1. The smallest absolute Gasteiger partial charge is 0.303 e. The number of anilines is 1. The van der Waals surface area contributed by atoms with E-state index in [4.69, 9.17) is 5.11 Å². The number of halogens is 1. The zero-order valence-corrected chi connectivity index (χ0v) is 12.9. The van der Waals surface area contributed by atoms with Gasteiger partial charge in [0.2, 0.25) is 0 Å². The number of rotatable bonds is 6. The lowest BCUT2D eigenvalue weighted by molar-refractivity contribution is -0.137. The lowest BCUT2D eigenvalue weighted by Crippen LogP contribution is -2.06. The molecule has 0 fully saturated rings. The van der Waals surface area contributed by atoms with Crippen molar-refractivity contribution in [3.63, 3.8) is 0 Å². The van der Waals surface area contributed by atoms with Crippen molar-refractivity contribution in [3.8, 4) is 11.1 Å². The number of carboxylic acid groups (broad SMARTS) is 1. The van der Waals surface area contributed by atoms with Crippen LogP contribution in [-0.2, 0) is 4.79 Å². The van der Waals surface area contributed by atoms with Gasteiger partial charge in [-0.1, -0.05) is 12.1 Å². The van der Waals surface area contributed by atoms with E-state index in [0.29, 0.717) is 18.8 Å². The van der Waals surface area contributed by atoms with Crippen LogP contribution in [0.5, 0.6) is 0 Å². The van der Waals surface area contributed by atoms with Gasteiger partial charge in [-0.3, -0.25) is 4.79 Å². The third-order valence-electron chi connectivity index (χ3n) is 3.39. The van der Waals surface area contributed by atoms with Crippen molar-refractivity contribution < 1.29 is 14.3 Å². The molecule has 0 aliphatic carbocycles. The standard InChI is InChI=1S/C16H14FN3O2S/c17-11-5-3-10(4-6-11)12-8-23-16-14(12)15(19-9-20-16)18-7-1-2-13(21)22/h3-6,8-9H,1-2,7H2,(H,21,22)(H,18,19,20). The summed E-state index contributed by atoms with van der Waals surface area (Å²) in [7, 11) is 0. The highest BCUT2D eigenvalue weighted by Crippen LogP contribution is 2.36. The van der Waals surface area contributed by atoms with E-state index in [0.717, 1.165) is 21.3 Å².